The average molecular weight is 371 g/mol. The topological polar surface area (TPSA) is 29.1 Å². The molecule has 0 aromatic heterocycles. The molecule has 2 nitrogen and oxygen atoms in total. The van der Waals surface area contributed by atoms with Gasteiger partial charge in [0.2, 0.25) is 0 Å². The van der Waals surface area contributed by atoms with E-state index in [0.717, 1.165) is 14.7 Å². The van der Waals surface area contributed by atoms with E-state index in [9.17, 15) is 4.79 Å². The summed E-state index contributed by atoms with van der Waals surface area (Å²) in [6.07, 6.45) is 2.46. The molecule has 1 aromatic carbocycles. The lowest BCUT2D eigenvalue weighted by Gasteiger charge is -2.23. The lowest BCUT2D eigenvalue weighted by molar-refractivity contribution is 0.0918. The molecule has 19 heavy (non-hydrogen) atoms. The van der Waals surface area contributed by atoms with Crippen molar-refractivity contribution in [3.63, 3.8) is 0 Å². The van der Waals surface area contributed by atoms with Crippen LogP contribution in [0.4, 0.5) is 0 Å². The Kier molecular flexibility index (Phi) is 3.71. The fourth-order valence-electron chi connectivity index (χ4n) is 2.41. The summed E-state index contributed by atoms with van der Waals surface area (Å²) < 4.78 is 1.14. The molecule has 3 heteroatoms. The predicted molar refractivity (Wildman–Crippen MR) is 87.7 cm³/mol. The second-order valence-corrected chi connectivity index (χ2v) is 8.14. The second-order valence-electron chi connectivity index (χ2n) is 6.89. The summed E-state index contributed by atoms with van der Waals surface area (Å²) >= 11 is 2.31. The number of hydrogen-bond acceptors (Lipinski definition) is 1. The van der Waals surface area contributed by atoms with Crippen molar-refractivity contribution in [2.45, 2.75) is 58.4 Å². The number of rotatable bonds is 2. The highest BCUT2D eigenvalue weighted by molar-refractivity contribution is 14.1. The van der Waals surface area contributed by atoms with Crippen LogP contribution in [-0.4, -0.2) is 11.4 Å². The maximum absolute atomic E-state index is 12.4. The number of nitrogens with one attached hydrogen (secondary N) is 1. The van der Waals surface area contributed by atoms with Crippen molar-refractivity contribution in [3.05, 3.63) is 32.4 Å². The first-order valence-corrected chi connectivity index (χ1v) is 7.83. The molecule has 0 heterocycles. The molecule has 0 unspecified atom stereocenters. The van der Waals surface area contributed by atoms with Gasteiger partial charge in [0, 0.05) is 14.7 Å². The Bertz CT molecular complexity index is 524. The fraction of sp³-hybridized carbons (Fsp3) is 0.562. The van der Waals surface area contributed by atoms with E-state index < -0.39 is 0 Å². The van der Waals surface area contributed by atoms with Gasteiger partial charge in [0.15, 0.2) is 0 Å². The molecular weight excluding hydrogens is 349 g/mol. The van der Waals surface area contributed by atoms with Gasteiger partial charge in [-0.1, -0.05) is 6.92 Å². The average Bonchev–Trinajstić information content (AvgIpc) is 2.98. The van der Waals surface area contributed by atoms with Gasteiger partial charge in [-0.05, 0) is 91.8 Å². The normalized spacial score (nSPS) is 17.2. The zero-order valence-electron chi connectivity index (χ0n) is 12.4. The number of halogens is 1. The van der Waals surface area contributed by atoms with Gasteiger partial charge in [-0.25, -0.2) is 0 Å². The molecular formula is C16H22INO. The van der Waals surface area contributed by atoms with Crippen LogP contribution in [-0.2, 0) is 5.41 Å². The van der Waals surface area contributed by atoms with Crippen LogP contribution in [0.3, 0.4) is 0 Å². The van der Waals surface area contributed by atoms with Gasteiger partial charge in [0.25, 0.3) is 5.91 Å². The maximum Gasteiger partial charge on any atom is 0.251 e. The number of carbonyl (C=O) groups excluding carboxylic acids is 1. The number of amides is 1. The summed E-state index contributed by atoms with van der Waals surface area (Å²) in [6, 6.07) is 4.23. The van der Waals surface area contributed by atoms with E-state index in [2.05, 4.69) is 47.8 Å². The van der Waals surface area contributed by atoms with E-state index in [1.165, 1.54) is 18.4 Å². The number of carbonyl (C=O) groups is 1. The van der Waals surface area contributed by atoms with Crippen molar-refractivity contribution >= 4 is 28.5 Å². The third-order valence-corrected chi connectivity index (χ3v) is 4.38. The summed E-state index contributed by atoms with van der Waals surface area (Å²) in [4.78, 5) is 12.4. The molecule has 0 aliphatic heterocycles. The molecule has 1 amide bonds. The lowest BCUT2D eigenvalue weighted by atomic mass is 9.90. The predicted octanol–water partition coefficient (Wildman–Crippen LogP) is 4.18. The molecule has 1 aromatic rings. The van der Waals surface area contributed by atoms with Crippen molar-refractivity contribution < 1.29 is 4.79 Å². The minimum Gasteiger partial charge on any atom is -0.347 e. The van der Waals surface area contributed by atoms with E-state index in [-0.39, 0.29) is 11.4 Å². The molecule has 0 spiro atoms. The van der Waals surface area contributed by atoms with Crippen LogP contribution >= 0.6 is 22.6 Å². The molecule has 2 rings (SSSR count). The van der Waals surface area contributed by atoms with Crippen molar-refractivity contribution in [1.82, 2.24) is 5.32 Å². The van der Waals surface area contributed by atoms with E-state index in [1.54, 1.807) is 0 Å². The van der Waals surface area contributed by atoms with E-state index in [4.69, 9.17) is 0 Å². The van der Waals surface area contributed by atoms with Crippen LogP contribution in [0.2, 0.25) is 0 Å². The summed E-state index contributed by atoms with van der Waals surface area (Å²) in [5, 5.41) is 3.06. The monoisotopic (exact) mass is 371 g/mol. The smallest absolute Gasteiger partial charge is 0.251 e. The van der Waals surface area contributed by atoms with Gasteiger partial charge in [-0.3, -0.25) is 4.79 Å². The van der Waals surface area contributed by atoms with Crippen LogP contribution in [0.15, 0.2) is 12.1 Å². The first-order chi connectivity index (χ1) is 8.62. The van der Waals surface area contributed by atoms with Crippen LogP contribution in [0.25, 0.3) is 0 Å². The first-order valence-electron chi connectivity index (χ1n) is 6.75. The summed E-state index contributed by atoms with van der Waals surface area (Å²) in [5.41, 5.74) is 3.40. The minimum absolute atomic E-state index is 0.0361. The highest BCUT2D eigenvalue weighted by atomic mass is 127. The fourth-order valence-corrected chi connectivity index (χ4v) is 3.03. The summed E-state index contributed by atoms with van der Waals surface area (Å²) in [6.45, 7) is 10.4. The van der Waals surface area contributed by atoms with Gasteiger partial charge in [0.05, 0.1) is 0 Å². The first kappa shape index (κ1) is 14.8. The Labute approximate surface area is 129 Å². The van der Waals surface area contributed by atoms with Crippen LogP contribution in [0.1, 0.15) is 62.0 Å². The Balaban J connectivity index is 2.41. The van der Waals surface area contributed by atoms with Gasteiger partial charge >= 0.3 is 0 Å². The van der Waals surface area contributed by atoms with E-state index in [0.29, 0.717) is 5.41 Å². The van der Waals surface area contributed by atoms with Gasteiger partial charge in [0.1, 0.15) is 0 Å². The third-order valence-electron chi connectivity index (χ3n) is 3.76. The van der Waals surface area contributed by atoms with Crippen molar-refractivity contribution in [1.29, 1.82) is 0 Å². The van der Waals surface area contributed by atoms with Crippen molar-refractivity contribution in [2.75, 3.05) is 0 Å². The zero-order chi connectivity index (χ0) is 14.4. The number of benzene rings is 1. The Morgan fingerprint density at radius 1 is 1.32 bits per heavy atom. The molecule has 104 valence electrons. The molecule has 1 N–H and O–H groups in total. The summed E-state index contributed by atoms with van der Waals surface area (Å²) in [5.74, 6) is 0.0361. The molecule has 1 aliphatic rings. The minimum atomic E-state index is -0.200. The molecule has 0 saturated heterocycles. The van der Waals surface area contributed by atoms with Crippen LogP contribution < -0.4 is 5.32 Å². The van der Waals surface area contributed by atoms with Gasteiger partial charge in [-0.2, -0.15) is 0 Å². The van der Waals surface area contributed by atoms with Crippen molar-refractivity contribution in [2.24, 2.45) is 0 Å². The Morgan fingerprint density at radius 2 is 1.89 bits per heavy atom. The molecule has 1 saturated carbocycles. The van der Waals surface area contributed by atoms with E-state index in [1.807, 2.05) is 26.8 Å². The Hall–Kier alpha value is -0.580. The van der Waals surface area contributed by atoms with E-state index >= 15 is 0 Å². The number of hydrogen-bond donors (Lipinski definition) is 1. The molecule has 1 fully saturated rings. The molecule has 0 bridgehead atoms. The molecule has 0 atom stereocenters. The van der Waals surface area contributed by atoms with Crippen LogP contribution in [0.5, 0.6) is 0 Å². The third kappa shape index (κ3) is 3.30. The van der Waals surface area contributed by atoms with Gasteiger partial charge < -0.3 is 5.32 Å². The maximum atomic E-state index is 12.4. The zero-order valence-corrected chi connectivity index (χ0v) is 14.5. The Morgan fingerprint density at radius 3 is 2.37 bits per heavy atom. The highest BCUT2D eigenvalue weighted by Gasteiger charge is 2.41. The standard InChI is InChI=1S/C16H22INO/c1-10-12(14(19)18-15(2,3)4)8-11(17)9-13(10)16(5)6-7-16/h8-9H,6-7H2,1-5H3,(H,18,19). The largest absolute Gasteiger partial charge is 0.347 e. The lowest BCUT2D eigenvalue weighted by Crippen LogP contribution is -2.41. The molecule has 1 aliphatic carbocycles. The highest BCUT2D eigenvalue weighted by Crippen LogP contribution is 2.49. The SMILES string of the molecule is Cc1c(C(=O)NC(C)(C)C)cc(I)cc1C1(C)CC1. The van der Waals surface area contributed by atoms with Gasteiger partial charge in [-0.15, -0.1) is 0 Å². The quantitative estimate of drug-likeness (QED) is 0.777. The second kappa shape index (κ2) is 4.76. The van der Waals surface area contributed by atoms with Crippen molar-refractivity contribution in [3.8, 4) is 0 Å². The van der Waals surface area contributed by atoms with Crippen LogP contribution in [0, 0.1) is 10.5 Å². The summed E-state index contributed by atoms with van der Waals surface area (Å²) in [7, 11) is 0. The molecule has 0 radical (unpaired) electrons.